The number of hydrogen-bond donors (Lipinski definition) is 2. The molecule has 2 atom stereocenters. The van der Waals surface area contributed by atoms with Crippen molar-refractivity contribution in [1.29, 1.82) is 0 Å². The molecule has 0 amide bonds. The molecule has 23 heavy (non-hydrogen) atoms. The summed E-state index contributed by atoms with van der Waals surface area (Å²) < 4.78 is 1.94. The molecule has 1 saturated carbocycles. The zero-order valence-corrected chi connectivity index (χ0v) is 17.5. The van der Waals surface area contributed by atoms with Gasteiger partial charge in [0.25, 0.3) is 0 Å². The van der Waals surface area contributed by atoms with Crippen LogP contribution in [-0.4, -0.2) is 29.3 Å². The molecule has 1 fully saturated rings. The van der Waals surface area contributed by atoms with Gasteiger partial charge in [-0.1, -0.05) is 19.8 Å². The van der Waals surface area contributed by atoms with E-state index in [4.69, 9.17) is 0 Å². The second-order valence-corrected chi connectivity index (χ2v) is 6.72. The predicted octanol–water partition coefficient (Wildman–Crippen LogP) is 3.15. The molecular weight excluding hydrogens is 401 g/mol. The van der Waals surface area contributed by atoms with E-state index < -0.39 is 0 Å². The number of rotatable bonds is 4. The van der Waals surface area contributed by atoms with Crippen LogP contribution in [0.15, 0.2) is 4.99 Å². The topological polar surface area (TPSA) is 54.2 Å². The fourth-order valence-electron chi connectivity index (χ4n) is 3.45. The van der Waals surface area contributed by atoms with Gasteiger partial charge in [-0.05, 0) is 38.5 Å². The lowest BCUT2D eigenvalue weighted by molar-refractivity contribution is 0.282. The van der Waals surface area contributed by atoms with Gasteiger partial charge in [-0.15, -0.1) is 24.0 Å². The molecule has 132 valence electrons. The summed E-state index contributed by atoms with van der Waals surface area (Å²) in [5, 5.41) is 11.4. The number of halogens is 1. The maximum Gasteiger partial charge on any atom is 0.191 e. The summed E-state index contributed by atoms with van der Waals surface area (Å²) in [7, 11) is 3.82. The van der Waals surface area contributed by atoms with Crippen LogP contribution < -0.4 is 10.6 Å². The summed E-state index contributed by atoms with van der Waals surface area (Å²) >= 11 is 0. The van der Waals surface area contributed by atoms with Gasteiger partial charge >= 0.3 is 0 Å². The largest absolute Gasteiger partial charge is 0.356 e. The lowest BCUT2D eigenvalue weighted by Crippen LogP contribution is -2.40. The van der Waals surface area contributed by atoms with Crippen molar-refractivity contribution in [2.24, 2.45) is 23.9 Å². The van der Waals surface area contributed by atoms with Crippen molar-refractivity contribution < 1.29 is 0 Å². The molecule has 1 aromatic rings. The van der Waals surface area contributed by atoms with Crippen LogP contribution in [0.25, 0.3) is 0 Å². The van der Waals surface area contributed by atoms with E-state index in [1.807, 2.05) is 18.8 Å². The Morgan fingerprint density at radius 1 is 1.30 bits per heavy atom. The van der Waals surface area contributed by atoms with E-state index in [9.17, 15) is 0 Å². The van der Waals surface area contributed by atoms with Gasteiger partial charge < -0.3 is 10.6 Å². The summed E-state index contributed by atoms with van der Waals surface area (Å²) in [5.74, 6) is 2.54. The van der Waals surface area contributed by atoms with Gasteiger partial charge in [-0.3, -0.25) is 9.67 Å². The number of nitrogens with zero attached hydrogens (tertiary/aromatic N) is 3. The Morgan fingerprint density at radius 2 is 2.04 bits per heavy atom. The number of nitrogens with one attached hydrogen (secondary N) is 2. The Kier molecular flexibility index (Phi) is 8.36. The first kappa shape index (κ1) is 20.3. The molecular formula is C17H32IN5. The van der Waals surface area contributed by atoms with E-state index in [2.05, 4.69) is 41.5 Å². The van der Waals surface area contributed by atoms with E-state index in [-0.39, 0.29) is 24.0 Å². The van der Waals surface area contributed by atoms with E-state index in [1.54, 1.807) is 0 Å². The Bertz CT molecular complexity index is 523. The first-order valence-corrected chi connectivity index (χ1v) is 8.44. The Labute approximate surface area is 157 Å². The Balaban J connectivity index is 0.00000264. The summed E-state index contributed by atoms with van der Waals surface area (Å²) in [4.78, 5) is 4.34. The predicted molar refractivity (Wildman–Crippen MR) is 107 cm³/mol. The van der Waals surface area contributed by atoms with Gasteiger partial charge in [0.2, 0.25) is 0 Å². The summed E-state index contributed by atoms with van der Waals surface area (Å²) in [5.41, 5.74) is 3.56. The number of aliphatic imine (C=N–C) groups is 1. The maximum atomic E-state index is 4.46. The van der Waals surface area contributed by atoms with Gasteiger partial charge in [0.1, 0.15) is 0 Å². The lowest BCUT2D eigenvalue weighted by Gasteiger charge is -2.27. The van der Waals surface area contributed by atoms with Crippen LogP contribution in [-0.2, 0) is 13.6 Å². The second-order valence-electron chi connectivity index (χ2n) is 6.72. The minimum absolute atomic E-state index is 0. The van der Waals surface area contributed by atoms with Gasteiger partial charge in [0.15, 0.2) is 5.96 Å². The molecule has 2 rings (SSSR count). The zero-order chi connectivity index (χ0) is 16.1. The van der Waals surface area contributed by atoms with Crippen LogP contribution in [0.4, 0.5) is 0 Å². The zero-order valence-electron chi connectivity index (χ0n) is 15.1. The van der Waals surface area contributed by atoms with Crippen molar-refractivity contribution in [3.63, 3.8) is 0 Å². The van der Waals surface area contributed by atoms with Crippen molar-refractivity contribution in [2.75, 3.05) is 13.6 Å². The molecule has 0 bridgehead atoms. The molecule has 0 radical (unpaired) electrons. The van der Waals surface area contributed by atoms with Crippen LogP contribution in [0, 0.1) is 25.7 Å². The molecule has 1 heterocycles. The molecule has 2 N–H and O–H groups in total. The molecule has 0 aliphatic heterocycles. The second kappa shape index (κ2) is 9.49. The number of aromatic nitrogens is 2. The molecule has 6 heteroatoms. The highest BCUT2D eigenvalue weighted by atomic mass is 127. The van der Waals surface area contributed by atoms with Gasteiger partial charge in [-0.2, -0.15) is 5.10 Å². The maximum absolute atomic E-state index is 4.46. The van der Waals surface area contributed by atoms with Crippen LogP contribution in [0.5, 0.6) is 0 Å². The average molecular weight is 433 g/mol. The highest BCUT2D eigenvalue weighted by Crippen LogP contribution is 2.27. The van der Waals surface area contributed by atoms with Gasteiger partial charge in [0, 0.05) is 38.4 Å². The molecule has 0 aromatic carbocycles. The van der Waals surface area contributed by atoms with Crippen LogP contribution >= 0.6 is 24.0 Å². The Morgan fingerprint density at radius 3 is 2.61 bits per heavy atom. The molecule has 0 saturated heterocycles. The third kappa shape index (κ3) is 5.65. The molecule has 0 spiro atoms. The normalized spacial score (nSPS) is 21.7. The minimum atomic E-state index is 0. The fourth-order valence-corrected chi connectivity index (χ4v) is 3.45. The smallest absolute Gasteiger partial charge is 0.191 e. The van der Waals surface area contributed by atoms with Crippen LogP contribution in [0.1, 0.15) is 49.6 Å². The first-order valence-electron chi connectivity index (χ1n) is 8.44. The van der Waals surface area contributed by atoms with Crippen LogP contribution in [0.3, 0.4) is 0 Å². The van der Waals surface area contributed by atoms with E-state index in [1.165, 1.54) is 36.9 Å². The fraction of sp³-hybridized carbons (Fsp3) is 0.765. The number of aryl methyl sites for hydroxylation is 2. The molecule has 2 unspecified atom stereocenters. The summed E-state index contributed by atoms with van der Waals surface area (Å²) in [6.07, 6.45) is 5.44. The van der Waals surface area contributed by atoms with Crippen molar-refractivity contribution in [3.8, 4) is 0 Å². The highest BCUT2D eigenvalue weighted by molar-refractivity contribution is 14.0. The molecule has 1 aliphatic carbocycles. The van der Waals surface area contributed by atoms with E-state index >= 15 is 0 Å². The highest BCUT2D eigenvalue weighted by Gasteiger charge is 2.19. The number of guanidine groups is 1. The third-order valence-electron chi connectivity index (χ3n) is 4.92. The molecule has 1 aromatic heterocycles. The third-order valence-corrected chi connectivity index (χ3v) is 4.92. The van der Waals surface area contributed by atoms with Crippen molar-refractivity contribution in [2.45, 2.75) is 53.0 Å². The SMILES string of the molecule is CN=C(NCc1c(C)nn(C)c1C)NCC1CCCC(C)C1.I. The quantitative estimate of drug-likeness (QED) is 0.436. The van der Waals surface area contributed by atoms with E-state index in [0.29, 0.717) is 0 Å². The van der Waals surface area contributed by atoms with Crippen LogP contribution in [0.2, 0.25) is 0 Å². The standard InChI is InChI=1S/C17H31N5.HI/c1-12-7-6-8-15(9-12)10-19-17(18-4)20-11-16-13(2)21-22(5)14(16)3;/h12,15H,6-11H2,1-5H3,(H2,18,19,20);1H. The minimum Gasteiger partial charge on any atom is -0.356 e. The van der Waals surface area contributed by atoms with Crippen molar-refractivity contribution >= 4 is 29.9 Å². The monoisotopic (exact) mass is 433 g/mol. The lowest BCUT2D eigenvalue weighted by atomic mass is 9.82. The summed E-state index contributed by atoms with van der Waals surface area (Å²) in [6, 6.07) is 0. The van der Waals surface area contributed by atoms with Crippen molar-refractivity contribution in [3.05, 3.63) is 17.0 Å². The average Bonchev–Trinajstić information content (AvgIpc) is 2.73. The molecule has 1 aliphatic rings. The molecule has 5 nitrogen and oxygen atoms in total. The number of hydrogen-bond acceptors (Lipinski definition) is 2. The van der Waals surface area contributed by atoms with Gasteiger partial charge in [-0.25, -0.2) is 0 Å². The van der Waals surface area contributed by atoms with E-state index in [0.717, 1.165) is 36.6 Å². The first-order chi connectivity index (χ1) is 10.5. The van der Waals surface area contributed by atoms with Crippen molar-refractivity contribution in [1.82, 2.24) is 20.4 Å². The van der Waals surface area contributed by atoms with Gasteiger partial charge in [0.05, 0.1) is 5.69 Å². The Hall–Kier alpha value is -0.790. The summed E-state index contributed by atoms with van der Waals surface area (Å²) in [6.45, 7) is 8.33.